The van der Waals surface area contributed by atoms with E-state index < -0.39 is 0 Å². The molecule has 3 aromatic rings. The zero-order valence-electron chi connectivity index (χ0n) is 17.6. The quantitative estimate of drug-likeness (QED) is 0.598. The van der Waals surface area contributed by atoms with Gasteiger partial charge in [-0.1, -0.05) is 6.07 Å². The van der Waals surface area contributed by atoms with Gasteiger partial charge in [0.2, 0.25) is 0 Å². The highest BCUT2D eigenvalue weighted by atomic mass is 16.5. The van der Waals surface area contributed by atoms with Crippen molar-refractivity contribution in [2.75, 3.05) is 25.5 Å². The summed E-state index contributed by atoms with van der Waals surface area (Å²) in [4.78, 5) is 11.8. The van der Waals surface area contributed by atoms with Crippen molar-refractivity contribution < 1.29 is 9.47 Å². The molecule has 1 aliphatic rings. The number of hydrogen-bond donors (Lipinski definition) is 1. The van der Waals surface area contributed by atoms with Gasteiger partial charge in [-0.3, -0.25) is 4.90 Å². The Bertz CT molecular complexity index is 1000. The Labute approximate surface area is 177 Å². The number of rotatable bonds is 7. The highest BCUT2D eigenvalue weighted by Gasteiger charge is 2.19. The van der Waals surface area contributed by atoms with Crippen LogP contribution in [0.4, 0.5) is 5.69 Å². The molecule has 156 valence electrons. The summed E-state index contributed by atoms with van der Waals surface area (Å²) in [6.07, 6.45) is 2.87. The zero-order valence-corrected chi connectivity index (χ0v) is 17.6. The summed E-state index contributed by atoms with van der Waals surface area (Å²) >= 11 is 0. The molecular weight excluding hydrogens is 376 g/mol. The number of benzene rings is 2. The molecule has 0 aliphatic carbocycles. The normalized spacial score (nSPS) is 13.7. The van der Waals surface area contributed by atoms with Crippen molar-refractivity contribution >= 4 is 5.69 Å². The van der Waals surface area contributed by atoms with E-state index in [0.717, 1.165) is 60.3 Å². The number of ether oxygens (including phenoxy) is 2. The fourth-order valence-corrected chi connectivity index (χ4v) is 3.73. The van der Waals surface area contributed by atoms with E-state index in [1.165, 1.54) is 11.1 Å². The van der Waals surface area contributed by atoms with Gasteiger partial charge in [-0.25, -0.2) is 9.97 Å². The minimum absolute atomic E-state index is 0.619. The second-order valence-electron chi connectivity index (χ2n) is 7.40. The third-order valence-electron chi connectivity index (χ3n) is 5.20. The highest BCUT2D eigenvalue weighted by molar-refractivity contribution is 5.58. The van der Waals surface area contributed by atoms with Crippen molar-refractivity contribution in [1.29, 1.82) is 0 Å². The molecule has 6 heteroatoms. The number of anilines is 1. The molecule has 1 aromatic heterocycles. The first kappa shape index (κ1) is 20.2. The molecule has 0 saturated heterocycles. The number of hydrogen-bond acceptors (Lipinski definition) is 6. The maximum atomic E-state index is 5.78. The lowest BCUT2D eigenvalue weighted by atomic mass is 10.1. The van der Waals surface area contributed by atoms with E-state index in [2.05, 4.69) is 22.0 Å². The second-order valence-corrected chi connectivity index (χ2v) is 7.40. The lowest BCUT2D eigenvalue weighted by Crippen LogP contribution is -2.31. The minimum Gasteiger partial charge on any atom is -0.490 e. The maximum absolute atomic E-state index is 5.78. The molecule has 0 fully saturated rings. The van der Waals surface area contributed by atoms with Crippen molar-refractivity contribution in [3.05, 3.63) is 65.5 Å². The van der Waals surface area contributed by atoms with E-state index in [1.54, 1.807) is 0 Å². The van der Waals surface area contributed by atoms with E-state index >= 15 is 0 Å². The summed E-state index contributed by atoms with van der Waals surface area (Å²) in [5.41, 5.74) is 11.1. The van der Waals surface area contributed by atoms with Gasteiger partial charge in [0.05, 0.1) is 18.9 Å². The Kier molecular flexibility index (Phi) is 6.14. The van der Waals surface area contributed by atoms with Gasteiger partial charge in [-0.05, 0) is 55.8 Å². The molecule has 6 nitrogen and oxygen atoms in total. The zero-order chi connectivity index (χ0) is 20.9. The minimum atomic E-state index is 0.619. The summed E-state index contributed by atoms with van der Waals surface area (Å²) < 4.78 is 11.4. The number of nitrogen functional groups attached to an aromatic ring is 1. The van der Waals surface area contributed by atoms with Gasteiger partial charge in [0.15, 0.2) is 17.3 Å². The van der Waals surface area contributed by atoms with Crippen molar-refractivity contribution in [1.82, 2.24) is 14.9 Å². The number of nitrogens with zero attached hydrogens (tertiary/aromatic N) is 3. The molecule has 2 heterocycles. The molecule has 0 radical (unpaired) electrons. The van der Waals surface area contributed by atoms with Crippen LogP contribution in [-0.2, 0) is 19.5 Å². The standard InChI is InChI=1S/C24H28N4O2/c1-3-29-22-10-5-17(13-23(22)30-4-2)15-28-12-11-21-19(16-28)14-26-24(27-21)18-6-8-20(25)9-7-18/h5-10,13-14H,3-4,11-12,15-16,25H2,1-2H3. The number of aromatic nitrogens is 2. The summed E-state index contributed by atoms with van der Waals surface area (Å²) in [5.74, 6) is 2.37. The number of nitrogens with two attached hydrogens (primary N) is 1. The molecule has 0 atom stereocenters. The fourth-order valence-electron chi connectivity index (χ4n) is 3.73. The van der Waals surface area contributed by atoms with Crippen LogP contribution in [-0.4, -0.2) is 34.6 Å². The maximum Gasteiger partial charge on any atom is 0.161 e. The molecule has 1 aliphatic heterocycles. The van der Waals surface area contributed by atoms with Gasteiger partial charge >= 0.3 is 0 Å². The Morgan fingerprint density at radius 1 is 1.00 bits per heavy atom. The average Bonchev–Trinajstić information content (AvgIpc) is 2.76. The molecule has 0 amide bonds. The van der Waals surface area contributed by atoms with Gasteiger partial charge in [-0.15, -0.1) is 0 Å². The molecule has 0 unspecified atom stereocenters. The fraction of sp³-hybridized carbons (Fsp3) is 0.333. The van der Waals surface area contributed by atoms with Crippen molar-refractivity contribution in [3.8, 4) is 22.9 Å². The Morgan fingerprint density at radius 3 is 2.53 bits per heavy atom. The van der Waals surface area contributed by atoms with Crippen LogP contribution in [0, 0.1) is 0 Å². The van der Waals surface area contributed by atoms with Crippen molar-refractivity contribution in [3.63, 3.8) is 0 Å². The summed E-state index contributed by atoms with van der Waals surface area (Å²) in [7, 11) is 0. The van der Waals surface area contributed by atoms with E-state index in [4.69, 9.17) is 20.2 Å². The Hall–Kier alpha value is -3.12. The largest absolute Gasteiger partial charge is 0.490 e. The molecule has 0 saturated carbocycles. The van der Waals surface area contributed by atoms with E-state index in [-0.39, 0.29) is 0 Å². The molecule has 0 bridgehead atoms. The molecule has 4 rings (SSSR count). The van der Waals surface area contributed by atoms with Crippen LogP contribution in [0.15, 0.2) is 48.7 Å². The van der Waals surface area contributed by atoms with Crippen LogP contribution in [0.1, 0.15) is 30.7 Å². The first-order chi connectivity index (χ1) is 14.7. The summed E-state index contributed by atoms with van der Waals surface area (Å²) in [6.45, 7) is 7.87. The molecule has 30 heavy (non-hydrogen) atoms. The van der Waals surface area contributed by atoms with E-state index in [0.29, 0.717) is 13.2 Å². The molecule has 0 spiro atoms. The lowest BCUT2D eigenvalue weighted by molar-refractivity contribution is 0.241. The van der Waals surface area contributed by atoms with Gasteiger partial charge in [0, 0.05) is 49.1 Å². The Balaban J connectivity index is 1.47. The van der Waals surface area contributed by atoms with Crippen molar-refractivity contribution in [2.45, 2.75) is 33.4 Å². The topological polar surface area (TPSA) is 73.5 Å². The second kappa shape index (κ2) is 9.13. The van der Waals surface area contributed by atoms with Gasteiger partial charge in [0.1, 0.15) is 0 Å². The predicted octanol–water partition coefficient (Wildman–Crippen LogP) is 4.08. The van der Waals surface area contributed by atoms with Crippen LogP contribution in [0.5, 0.6) is 11.5 Å². The third-order valence-corrected chi connectivity index (χ3v) is 5.20. The lowest BCUT2D eigenvalue weighted by Gasteiger charge is -2.28. The van der Waals surface area contributed by atoms with Crippen LogP contribution in [0.3, 0.4) is 0 Å². The van der Waals surface area contributed by atoms with Crippen LogP contribution in [0.25, 0.3) is 11.4 Å². The summed E-state index contributed by atoms with van der Waals surface area (Å²) in [6, 6.07) is 13.9. The van der Waals surface area contributed by atoms with Crippen LogP contribution >= 0.6 is 0 Å². The van der Waals surface area contributed by atoms with Gasteiger partial charge in [-0.2, -0.15) is 0 Å². The van der Waals surface area contributed by atoms with Gasteiger partial charge in [0.25, 0.3) is 0 Å². The smallest absolute Gasteiger partial charge is 0.161 e. The molecular formula is C24H28N4O2. The predicted molar refractivity (Wildman–Crippen MR) is 118 cm³/mol. The van der Waals surface area contributed by atoms with Crippen LogP contribution in [0.2, 0.25) is 0 Å². The van der Waals surface area contributed by atoms with E-state index in [1.807, 2.05) is 50.4 Å². The SMILES string of the molecule is CCOc1ccc(CN2CCc3nc(-c4ccc(N)cc4)ncc3C2)cc1OCC. The van der Waals surface area contributed by atoms with Gasteiger partial charge < -0.3 is 15.2 Å². The van der Waals surface area contributed by atoms with Crippen molar-refractivity contribution in [2.24, 2.45) is 0 Å². The van der Waals surface area contributed by atoms with E-state index in [9.17, 15) is 0 Å². The monoisotopic (exact) mass is 404 g/mol. The summed E-state index contributed by atoms with van der Waals surface area (Å²) in [5, 5.41) is 0. The first-order valence-corrected chi connectivity index (χ1v) is 10.5. The number of fused-ring (bicyclic) bond motifs is 1. The molecule has 2 aromatic carbocycles. The third kappa shape index (κ3) is 4.54. The Morgan fingerprint density at radius 2 is 1.77 bits per heavy atom. The highest BCUT2D eigenvalue weighted by Crippen LogP contribution is 2.30. The first-order valence-electron chi connectivity index (χ1n) is 10.5. The molecule has 2 N–H and O–H groups in total. The van der Waals surface area contributed by atoms with Crippen LogP contribution < -0.4 is 15.2 Å². The average molecular weight is 405 g/mol.